The normalized spacial score (nSPS) is 14.1. The number of rotatable bonds is 3. The summed E-state index contributed by atoms with van der Waals surface area (Å²) in [5.74, 6) is 1.16. The number of methoxy groups -OCH3 is 1. The molecule has 1 aromatic heterocycles. The van der Waals surface area contributed by atoms with Crippen LogP contribution in [0.1, 0.15) is 15.9 Å². The van der Waals surface area contributed by atoms with Crippen molar-refractivity contribution in [2.24, 2.45) is 0 Å². The number of amides is 1. The highest BCUT2D eigenvalue weighted by molar-refractivity contribution is 6.30. The lowest BCUT2D eigenvalue weighted by Gasteiger charge is -2.35. The van der Waals surface area contributed by atoms with Gasteiger partial charge in [0, 0.05) is 37.4 Å². The van der Waals surface area contributed by atoms with Gasteiger partial charge in [0.1, 0.15) is 11.6 Å². The molecule has 1 saturated heterocycles. The number of aromatic nitrogens is 1. The van der Waals surface area contributed by atoms with Crippen molar-refractivity contribution in [3.8, 4) is 11.8 Å². The van der Waals surface area contributed by atoms with Crippen LogP contribution in [0.15, 0.2) is 36.5 Å². The number of anilines is 1. The molecule has 1 aliphatic heterocycles. The molecule has 2 heterocycles. The topological polar surface area (TPSA) is 69.5 Å². The van der Waals surface area contributed by atoms with Crippen molar-refractivity contribution in [1.29, 1.82) is 5.26 Å². The zero-order valence-electron chi connectivity index (χ0n) is 13.8. The van der Waals surface area contributed by atoms with Gasteiger partial charge in [0.05, 0.1) is 24.3 Å². The van der Waals surface area contributed by atoms with E-state index in [-0.39, 0.29) is 5.91 Å². The van der Waals surface area contributed by atoms with E-state index in [2.05, 4.69) is 16.0 Å². The van der Waals surface area contributed by atoms with Gasteiger partial charge in [0.25, 0.3) is 5.91 Å². The van der Waals surface area contributed by atoms with Crippen LogP contribution in [-0.2, 0) is 0 Å². The van der Waals surface area contributed by atoms with E-state index in [9.17, 15) is 4.79 Å². The standard InChI is InChI=1S/C18H17ClN4O2/c1-25-16-11-14(19)2-3-15(16)18(24)23-8-6-22(7-9-23)17-10-13(12-20)4-5-21-17/h2-5,10-11H,6-9H2,1H3. The summed E-state index contributed by atoms with van der Waals surface area (Å²) in [4.78, 5) is 20.9. The molecule has 0 spiro atoms. The number of benzene rings is 1. The van der Waals surface area contributed by atoms with Crippen LogP contribution in [0.3, 0.4) is 0 Å². The molecule has 128 valence electrons. The Hall–Kier alpha value is -2.78. The first-order chi connectivity index (χ1) is 12.1. The summed E-state index contributed by atoms with van der Waals surface area (Å²) in [5.41, 5.74) is 1.08. The number of halogens is 1. The quantitative estimate of drug-likeness (QED) is 0.845. The molecule has 1 fully saturated rings. The molecule has 25 heavy (non-hydrogen) atoms. The molecule has 0 aliphatic carbocycles. The SMILES string of the molecule is COc1cc(Cl)ccc1C(=O)N1CCN(c2cc(C#N)ccn2)CC1. The van der Waals surface area contributed by atoms with Gasteiger partial charge < -0.3 is 14.5 Å². The second kappa shape index (κ2) is 7.41. The number of hydrogen-bond donors (Lipinski definition) is 0. The van der Waals surface area contributed by atoms with Gasteiger partial charge in [-0.1, -0.05) is 11.6 Å². The molecular formula is C18H17ClN4O2. The first-order valence-corrected chi connectivity index (χ1v) is 8.24. The molecule has 6 nitrogen and oxygen atoms in total. The van der Waals surface area contributed by atoms with E-state index in [1.165, 1.54) is 7.11 Å². The summed E-state index contributed by atoms with van der Waals surface area (Å²) in [7, 11) is 1.52. The van der Waals surface area contributed by atoms with Gasteiger partial charge in [-0.3, -0.25) is 4.79 Å². The molecule has 7 heteroatoms. The third-order valence-corrected chi connectivity index (χ3v) is 4.39. The van der Waals surface area contributed by atoms with Crippen molar-refractivity contribution >= 4 is 23.3 Å². The average molecular weight is 357 g/mol. The van der Waals surface area contributed by atoms with Crippen LogP contribution in [0.25, 0.3) is 0 Å². The minimum absolute atomic E-state index is 0.0769. The lowest BCUT2D eigenvalue weighted by molar-refractivity contribution is 0.0743. The number of pyridine rings is 1. The Bertz CT molecular complexity index is 826. The Balaban J connectivity index is 1.70. The summed E-state index contributed by atoms with van der Waals surface area (Å²) in [6.45, 7) is 2.46. The predicted octanol–water partition coefficient (Wildman–Crippen LogP) is 2.58. The van der Waals surface area contributed by atoms with Gasteiger partial charge in [-0.15, -0.1) is 0 Å². The van der Waals surface area contributed by atoms with Gasteiger partial charge in [-0.2, -0.15) is 5.26 Å². The number of carbonyl (C=O) groups is 1. The molecule has 2 aromatic rings. The van der Waals surface area contributed by atoms with E-state index in [1.54, 1.807) is 41.4 Å². The van der Waals surface area contributed by atoms with E-state index in [0.29, 0.717) is 48.1 Å². The number of nitrogens with zero attached hydrogens (tertiary/aromatic N) is 4. The van der Waals surface area contributed by atoms with Gasteiger partial charge >= 0.3 is 0 Å². The van der Waals surface area contributed by atoms with Gasteiger partial charge in [-0.05, 0) is 30.3 Å². The number of carbonyl (C=O) groups excluding carboxylic acids is 1. The average Bonchev–Trinajstić information content (AvgIpc) is 2.67. The van der Waals surface area contributed by atoms with E-state index in [1.807, 2.05) is 0 Å². The lowest BCUT2D eigenvalue weighted by atomic mass is 10.1. The Morgan fingerprint density at radius 3 is 2.68 bits per heavy atom. The number of piperazine rings is 1. The van der Waals surface area contributed by atoms with Crippen LogP contribution in [0, 0.1) is 11.3 Å². The minimum atomic E-state index is -0.0769. The zero-order valence-corrected chi connectivity index (χ0v) is 14.5. The van der Waals surface area contributed by atoms with Crippen molar-refractivity contribution in [3.63, 3.8) is 0 Å². The number of hydrogen-bond acceptors (Lipinski definition) is 5. The lowest BCUT2D eigenvalue weighted by Crippen LogP contribution is -2.49. The molecular weight excluding hydrogens is 340 g/mol. The highest BCUT2D eigenvalue weighted by Crippen LogP contribution is 2.25. The molecule has 0 unspecified atom stereocenters. The Kier molecular flexibility index (Phi) is 5.05. The molecule has 1 aromatic carbocycles. The fraction of sp³-hybridized carbons (Fsp3) is 0.278. The number of ether oxygens (including phenoxy) is 1. The fourth-order valence-electron chi connectivity index (χ4n) is 2.81. The van der Waals surface area contributed by atoms with E-state index in [0.717, 1.165) is 5.82 Å². The summed E-state index contributed by atoms with van der Waals surface area (Å²) in [6, 6.07) is 10.6. The fourth-order valence-corrected chi connectivity index (χ4v) is 2.97. The van der Waals surface area contributed by atoms with Crippen molar-refractivity contribution in [1.82, 2.24) is 9.88 Å². The molecule has 3 rings (SSSR count). The van der Waals surface area contributed by atoms with Crippen molar-refractivity contribution in [2.45, 2.75) is 0 Å². The van der Waals surface area contributed by atoms with Crippen LogP contribution < -0.4 is 9.64 Å². The summed E-state index contributed by atoms with van der Waals surface area (Å²) >= 11 is 5.96. The van der Waals surface area contributed by atoms with Crippen LogP contribution in [0.4, 0.5) is 5.82 Å². The third kappa shape index (κ3) is 3.67. The van der Waals surface area contributed by atoms with Crippen LogP contribution in [0.5, 0.6) is 5.75 Å². The first-order valence-electron chi connectivity index (χ1n) is 7.86. The zero-order chi connectivity index (χ0) is 17.8. The largest absolute Gasteiger partial charge is 0.496 e. The van der Waals surface area contributed by atoms with E-state index in [4.69, 9.17) is 21.6 Å². The molecule has 0 bridgehead atoms. The van der Waals surface area contributed by atoms with Crippen LogP contribution in [0.2, 0.25) is 5.02 Å². The summed E-state index contributed by atoms with van der Waals surface area (Å²) in [6.07, 6.45) is 1.63. The molecule has 0 N–H and O–H groups in total. The minimum Gasteiger partial charge on any atom is -0.496 e. The second-order valence-corrected chi connectivity index (χ2v) is 6.07. The second-order valence-electron chi connectivity index (χ2n) is 5.64. The Labute approximate surface area is 151 Å². The third-order valence-electron chi connectivity index (χ3n) is 4.16. The molecule has 0 radical (unpaired) electrons. The molecule has 1 aliphatic rings. The van der Waals surface area contributed by atoms with Crippen molar-refractivity contribution < 1.29 is 9.53 Å². The maximum Gasteiger partial charge on any atom is 0.257 e. The maximum absolute atomic E-state index is 12.8. The maximum atomic E-state index is 12.8. The summed E-state index contributed by atoms with van der Waals surface area (Å²) in [5, 5.41) is 9.53. The van der Waals surface area contributed by atoms with E-state index >= 15 is 0 Å². The van der Waals surface area contributed by atoms with Crippen molar-refractivity contribution in [2.75, 3.05) is 38.2 Å². The smallest absolute Gasteiger partial charge is 0.257 e. The predicted molar refractivity (Wildman–Crippen MR) is 95.1 cm³/mol. The van der Waals surface area contributed by atoms with Gasteiger partial charge in [-0.25, -0.2) is 4.98 Å². The summed E-state index contributed by atoms with van der Waals surface area (Å²) < 4.78 is 5.27. The Morgan fingerprint density at radius 1 is 1.24 bits per heavy atom. The van der Waals surface area contributed by atoms with E-state index < -0.39 is 0 Å². The van der Waals surface area contributed by atoms with Crippen LogP contribution >= 0.6 is 11.6 Å². The van der Waals surface area contributed by atoms with Crippen molar-refractivity contribution in [3.05, 3.63) is 52.7 Å². The molecule has 0 saturated carbocycles. The highest BCUT2D eigenvalue weighted by atomic mass is 35.5. The van der Waals surface area contributed by atoms with Crippen LogP contribution in [-0.4, -0.2) is 49.1 Å². The monoisotopic (exact) mass is 356 g/mol. The van der Waals surface area contributed by atoms with Gasteiger partial charge in [0.2, 0.25) is 0 Å². The molecule has 0 atom stereocenters. The van der Waals surface area contributed by atoms with Gasteiger partial charge in [0.15, 0.2) is 0 Å². The highest BCUT2D eigenvalue weighted by Gasteiger charge is 2.25. The Morgan fingerprint density at radius 2 is 2.00 bits per heavy atom. The molecule has 1 amide bonds. The first kappa shape index (κ1) is 17.1. The number of nitriles is 1.